The van der Waals surface area contributed by atoms with E-state index in [2.05, 4.69) is 4.98 Å². The summed E-state index contributed by atoms with van der Waals surface area (Å²) in [6, 6.07) is 5.09. The topological polar surface area (TPSA) is 66.2 Å². The molecule has 1 aromatic heterocycles. The third-order valence-corrected chi connectivity index (χ3v) is 2.46. The SMILES string of the molecule is N=C(OCCCCCCO)c1cccc(Cl)n1. The predicted octanol–water partition coefficient (Wildman–Crippen LogP) is 2.63. The standard InChI is InChI=1S/C12H17ClN2O2/c13-11-7-5-6-10(15-11)12(14)17-9-4-2-1-3-8-16/h5-7,14,16H,1-4,8-9H2. The molecule has 0 amide bonds. The molecule has 0 aliphatic heterocycles. The highest BCUT2D eigenvalue weighted by Gasteiger charge is 2.04. The molecule has 0 radical (unpaired) electrons. The minimum atomic E-state index is 0.0506. The largest absolute Gasteiger partial charge is 0.477 e. The lowest BCUT2D eigenvalue weighted by molar-refractivity contribution is 0.269. The van der Waals surface area contributed by atoms with Crippen LogP contribution in [-0.4, -0.2) is 29.2 Å². The molecule has 4 nitrogen and oxygen atoms in total. The van der Waals surface area contributed by atoms with Gasteiger partial charge in [-0.1, -0.05) is 24.1 Å². The Kier molecular flexibility index (Phi) is 6.58. The van der Waals surface area contributed by atoms with Gasteiger partial charge in [0, 0.05) is 6.61 Å². The Labute approximate surface area is 106 Å². The first-order valence-corrected chi connectivity index (χ1v) is 6.07. The fraction of sp³-hybridized carbons (Fsp3) is 0.500. The number of ether oxygens (including phenoxy) is 1. The second kappa shape index (κ2) is 8.03. The number of aliphatic hydroxyl groups excluding tert-OH is 1. The molecule has 0 aliphatic rings. The van der Waals surface area contributed by atoms with E-state index in [1.54, 1.807) is 18.2 Å². The molecule has 0 saturated carbocycles. The monoisotopic (exact) mass is 256 g/mol. The van der Waals surface area contributed by atoms with Crippen molar-refractivity contribution < 1.29 is 9.84 Å². The van der Waals surface area contributed by atoms with Gasteiger partial charge in [0.25, 0.3) is 0 Å². The minimum Gasteiger partial charge on any atom is -0.477 e. The van der Waals surface area contributed by atoms with E-state index in [1.807, 2.05) is 0 Å². The van der Waals surface area contributed by atoms with Gasteiger partial charge in [-0.15, -0.1) is 0 Å². The van der Waals surface area contributed by atoms with E-state index < -0.39 is 0 Å². The summed E-state index contributed by atoms with van der Waals surface area (Å²) in [6.45, 7) is 0.738. The van der Waals surface area contributed by atoms with Crippen LogP contribution in [0.1, 0.15) is 31.4 Å². The summed E-state index contributed by atoms with van der Waals surface area (Å²) in [5.41, 5.74) is 0.452. The van der Waals surface area contributed by atoms with Crippen molar-refractivity contribution in [1.29, 1.82) is 5.41 Å². The summed E-state index contributed by atoms with van der Waals surface area (Å²) < 4.78 is 5.26. The number of rotatable bonds is 7. The van der Waals surface area contributed by atoms with Crippen molar-refractivity contribution in [3.63, 3.8) is 0 Å². The maximum atomic E-state index is 8.60. The Morgan fingerprint density at radius 3 is 2.76 bits per heavy atom. The molecule has 17 heavy (non-hydrogen) atoms. The van der Waals surface area contributed by atoms with Crippen LogP contribution in [0.5, 0.6) is 0 Å². The summed E-state index contributed by atoms with van der Waals surface area (Å²) in [5, 5.41) is 16.6. The van der Waals surface area contributed by atoms with E-state index in [4.69, 9.17) is 26.9 Å². The third kappa shape index (κ3) is 5.65. The van der Waals surface area contributed by atoms with Crippen molar-refractivity contribution in [3.05, 3.63) is 29.0 Å². The number of nitrogens with one attached hydrogen (secondary N) is 1. The number of aromatic nitrogens is 1. The molecule has 0 aliphatic carbocycles. The van der Waals surface area contributed by atoms with Crippen LogP contribution in [-0.2, 0) is 4.74 Å². The molecule has 0 atom stereocenters. The van der Waals surface area contributed by atoms with Crippen molar-refractivity contribution in [1.82, 2.24) is 4.98 Å². The van der Waals surface area contributed by atoms with Gasteiger partial charge in [-0.05, 0) is 31.4 Å². The summed E-state index contributed by atoms with van der Waals surface area (Å²) in [4.78, 5) is 3.98. The zero-order chi connectivity index (χ0) is 12.5. The zero-order valence-electron chi connectivity index (χ0n) is 9.66. The van der Waals surface area contributed by atoms with Gasteiger partial charge in [0.1, 0.15) is 10.8 Å². The molecule has 94 valence electrons. The molecule has 0 bridgehead atoms. The van der Waals surface area contributed by atoms with Crippen LogP contribution >= 0.6 is 11.6 Å². The Bertz CT molecular complexity index is 358. The molecular weight excluding hydrogens is 240 g/mol. The number of hydrogen-bond acceptors (Lipinski definition) is 4. The van der Waals surface area contributed by atoms with Crippen molar-refractivity contribution in [2.75, 3.05) is 13.2 Å². The van der Waals surface area contributed by atoms with Crippen molar-refractivity contribution >= 4 is 17.5 Å². The molecule has 0 fully saturated rings. The van der Waals surface area contributed by atoms with E-state index in [1.165, 1.54) is 0 Å². The number of aliphatic hydroxyl groups is 1. The van der Waals surface area contributed by atoms with Gasteiger partial charge in [0.05, 0.1) is 6.61 Å². The van der Waals surface area contributed by atoms with Crippen LogP contribution in [0.3, 0.4) is 0 Å². The summed E-state index contributed by atoms with van der Waals surface area (Å²) in [7, 11) is 0. The lowest BCUT2D eigenvalue weighted by atomic mass is 10.2. The first-order valence-electron chi connectivity index (χ1n) is 5.69. The third-order valence-electron chi connectivity index (χ3n) is 2.25. The molecular formula is C12H17ClN2O2. The van der Waals surface area contributed by atoms with E-state index in [0.717, 1.165) is 25.7 Å². The molecule has 2 N–H and O–H groups in total. The van der Waals surface area contributed by atoms with Crippen molar-refractivity contribution in [3.8, 4) is 0 Å². The van der Waals surface area contributed by atoms with E-state index >= 15 is 0 Å². The smallest absolute Gasteiger partial charge is 0.232 e. The second-order valence-corrected chi connectivity index (χ2v) is 4.05. The second-order valence-electron chi connectivity index (χ2n) is 3.66. The fourth-order valence-corrected chi connectivity index (χ4v) is 1.51. The van der Waals surface area contributed by atoms with Crippen LogP contribution in [0.4, 0.5) is 0 Å². The Morgan fingerprint density at radius 2 is 2.06 bits per heavy atom. The Morgan fingerprint density at radius 1 is 1.29 bits per heavy atom. The van der Waals surface area contributed by atoms with Gasteiger partial charge < -0.3 is 9.84 Å². The molecule has 0 aromatic carbocycles. The number of hydrogen-bond donors (Lipinski definition) is 2. The van der Waals surface area contributed by atoms with Crippen LogP contribution in [0.25, 0.3) is 0 Å². The van der Waals surface area contributed by atoms with Crippen LogP contribution in [0.2, 0.25) is 5.15 Å². The maximum absolute atomic E-state index is 8.60. The lowest BCUT2D eigenvalue weighted by Crippen LogP contribution is -2.08. The molecule has 1 rings (SSSR count). The summed E-state index contributed by atoms with van der Waals surface area (Å²) in [5.74, 6) is 0.0506. The van der Waals surface area contributed by atoms with Crippen LogP contribution in [0, 0.1) is 5.41 Å². The van der Waals surface area contributed by atoms with Gasteiger partial charge in [0.15, 0.2) is 0 Å². The lowest BCUT2D eigenvalue weighted by Gasteiger charge is -2.06. The first kappa shape index (κ1) is 13.9. The number of pyridine rings is 1. The van der Waals surface area contributed by atoms with Gasteiger partial charge in [-0.2, -0.15) is 0 Å². The van der Waals surface area contributed by atoms with Gasteiger partial charge >= 0.3 is 0 Å². The summed E-state index contributed by atoms with van der Waals surface area (Å²) >= 11 is 5.72. The van der Waals surface area contributed by atoms with Gasteiger partial charge in [-0.3, -0.25) is 5.41 Å². The quantitative estimate of drug-likeness (QED) is 0.341. The molecule has 1 aromatic rings. The minimum absolute atomic E-state index is 0.0506. The maximum Gasteiger partial charge on any atom is 0.232 e. The molecule has 0 spiro atoms. The average Bonchev–Trinajstić information content (AvgIpc) is 2.33. The van der Waals surface area contributed by atoms with Gasteiger partial charge in [0.2, 0.25) is 5.90 Å². The molecule has 0 unspecified atom stereocenters. The summed E-state index contributed by atoms with van der Waals surface area (Å²) in [6.07, 6.45) is 3.69. The van der Waals surface area contributed by atoms with Crippen LogP contribution < -0.4 is 0 Å². The number of nitrogens with zero attached hydrogens (tertiary/aromatic N) is 1. The van der Waals surface area contributed by atoms with Crippen LogP contribution in [0.15, 0.2) is 18.2 Å². The Hall–Kier alpha value is -1.13. The molecule has 5 heteroatoms. The number of halogens is 1. The molecule has 1 heterocycles. The first-order chi connectivity index (χ1) is 8.24. The van der Waals surface area contributed by atoms with E-state index in [0.29, 0.717) is 17.5 Å². The highest BCUT2D eigenvalue weighted by atomic mass is 35.5. The average molecular weight is 257 g/mol. The highest BCUT2D eigenvalue weighted by molar-refractivity contribution is 6.29. The van der Waals surface area contributed by atoms with E-state index in [9.17, 15) is 0 Å². The highest BCUT2D eigenvalue weighted by Crippen LogP contribution is 2.07. The van der Waals surface area contributed by atoms with Crippen molar-refractivity contribution in [2.24, 2.45) is 0 Å². The number of unbranched alkanes of at least 4 members (excludes halogenated alkanes) is 3. The normalized spacial score (nSPS) is 10.2. The predicted molar refractivity (Wildman–Crippen MR) is 67.6 cm³/mol. The molecule has 0 saturated heterocycles. The zero-order valence-corrected chi connectivity index (χ0v) is 10.4. The van der Waals surface area contributed by atoms with Crippen molar-refractivity contribution in [2.45, 2.75) is 25.7 Å². The van der Waals surface area contributed by atoms with E-state index in [-0.39, 0.29) is 12.5 Å². The van der Waals surface area contributed by atoms with Gasteiger partial charge in [-0.25, -0.2) is 4.98 Å². The fourth-order valence-electron chi connectivity index (χ4n) is 1.35. The Balaban J connectivity index is 2.21.